The van der Waals surface area contributed by atoms with Gasteiger partial charge in [-0.25, -0.2) is 4.98 Å². The minimum absolute atomic E-state index is 0.300. The topological polar surface area (TPSA) is 24.9 Å². The minimum atomic E-state index is 0.300. The second kappa shape index (κ2) is 6.79. The standard InChI is InChI=1S/C14H16N2S2/c1-3-9-17-10-8-15-11(2)14-16-12-6-4-5-7-13(12)18-14/h1,4-7,11,15H,8-10H2,2H3. The molecule has 2 nitrogen and oxygen atoms in total. The first kappa shape index (κ1) is 13.4. The lowest BCUT2D eigenvalue weighted by molar-refractivity contribution is 0.599. The molecule has 2 rings (SSSR count). The van der Waals surface area contributed by atoms with Crippen LogP contribution in [-0.2, 0) is 0 Å². The predicted octanol–water partition coefficient (Wildman–Crippen LogP) is 3.31. The Morgan fingerprint density at radius 2 is 2.33 bits per heavy atom. The van der Waals surface area contributed by atoms with E-state index in [-0.39, 0.29) is 0 Å². The molecule has 1 unspecified atom stereocenters. The third kappa shape index (κ3) is 3.49. The first-order chi connectivity index (χ1) is 8.81. The Kier molecular flexibility index (Phi) is 5.06. The number of fused-ring (bicyclic) bond motifs is 1. The van der Waals surface area contributed by atoms with Crippen molar-refractivity contribution in [2.24, 2.45) is 0 Å². The smallest absolute Gasteiger partial charge is 0.111 e. The number of thioether (sulfide) groups is 1. The van der Waals surface area contributed by atoms with Crippen molar-refractivity contribution >= 4 is 33.3 Å². The number of benzene rings is 1. The summed E-state index contributed by atoms with van der Waals surface area (Å²) in [5.74, 6) is 4.46. The summed E-state index contributed by atoms with van der Waals surface area (Å²) in [7, 11) is 0. The van der Waals surface area contributed by atoms with Crippen molar-refractivity contribution < 1.29 is 0 Å². The summed E-state index contributed by atoms with van der Waals surface area (Å²) in [6, 6.07) is 8.56. The van der Waals surface area contributed by atoms with Gasteiger partial charge in [0.1, 0.15) is 5.01 Å². The molecular weight excluding hydrogens is 260 g/mol. The number of nitrogens with one attached hydrogen (secondary N) is 1. The van der Waals surface area contributed by atoms with Gasteiger partial charge in [-0.2, -0.15) is 0 Å². The molecule has 0 aliphatic carbocycles. The third-order valence-corrected chi connectivity index (χ3v) is 4.65. The van der Waals surface area contributed by atoms with Gasteiger partial charge in [0.2, 0.25) is 0 Å². The Morgan fingerprint density at radius 1 is 1.50 bits per heavy atom. The molecule has 0 bridgehead atoms. The molecular formula is C14H16N2S2. The van der Waals surface area contributed by atoms with Gasteiger partial charge < -0.3 is 5.32 Å². The van der Waals surface area contributed by atoms with E-state index >= 15 is 0 Å². The number of nitrogens with zero attached hydrogens (tertiary/aromatic N) is 1. The van der Waals surface area contributed by atoms with Gasteiger partial charge in [0.05, 0.1) is 22.0 Å². The molecule has 0 spiro atoms. The number of hydrogen-bond donors (Lipinski definition) is 1. The highest BCUT2D eigenvalue weighted by molar-refractivity contribution is 7.99. The zero-order chi connectivity index (χ0) is 12.8. The second-order valence-corrected chi connectivity index (χ2v) is 6.12. The lowest BCUT2D eigenvalue weighted by Crippen LogP contribution is -2.21. The molecule has 0 saturated carbocycles. The molecule has 1 heterocycles. The average Bonchev–Trinajstić information content (AvgIpc) is 2.82. The molecule has 18 heavy (non-hydrogen) atoms. The summed E-state index contributed by atoms with van der Waals surface area (Å²) in [6.45, 7) is 3.12. The SMILES string of the molecule is C#CCSCCNC(C)c1nc2ccccc2s1. The fourth-order valence-corrected chi connectivity index (χ4v) is 3.16. The fraction of sp³-hybridized carbons (Fsp3) is 0.357. The van der Waals surface area contributed by atoms with Crippen LogP contribution < -0.4 is 5.32 Å². The Hall–Kier alpha value is -1.02. The van der Waals surface area contributed by atoms with E-state index in [1.807, 2.05) is 6.07 Å². The molecule has 1 aromatic carbocycles. The molecule has 0 amide bonds. The van der Waals surface area contributed by atoms with Gasteiger partial charge in [-0.15, -0.1) is 29.5 Å². The van der Waals surface area contributed by atoms with Gasteiger partial charge in [-0.05, 0) is 19.1 Å². The molecule has 2 aromatic rings. The van der Waals surface area contributed by atoms with Gasteiger partial charge in [0.25, 0.3) is 0 Å². The van der Waals surface area contributed by atoms with Gasteiger partial charge >= 0.3 is 0 Å². The molecule has 0 aliphatic heterocycles. The van der Waals surface area contributed by atoms with E-state index in [2.05, 4.69) is 41.3 Å². The zero-order valence-electron chi connectivity index (χ0n) is 10.3. The van der Waals surface area contributed by atoms with E-state index in [4.69, 9.17) is 6.42 Å². The Morgan fingerprint density at radius 3 is 3.11 bits per heavy atom. The summed E-state index contributed by atoms with van der Waals surface area (Å²) >= 11 is 3.54. The van der Waals surface area contributed by atoms with Crippen LogP contribution in [0.3, 0.4) is 0 Å². The number of para-hydroxylation sites is 1. The second-order valence-electron chi connectivity index (χ2n) is 3.95. The lowest BCUT2D eigenvalue weighted by atomic mass is 10.3. The molecule has 1 aromatic heterocycles. The van der Waals surface area contributed by atoms with Crippen LogP contribution in [0.15, 0.2) is 24.3 Å². The highest BCUT2D eigenvalue weighted by atomic mass is 32.2. The molecule has 1 N–H and O–H groups in total. The summed E-state index contributed by atoms with van der Waals surface area (Å²) in [5, 5.41) is 4.63. The normalized spacial score (nSPS) is 12.4. The molecule has 4 heteroatoms. The van der Waals surface area contributed by atoms with Gasteiger partial charge in [-0.3, -0.25) is 0 Å². The highest BCUT2D eigenvalue weighted by Crippen LogP contribution is 2.25. The molecule has 0 aliphatic rings. The minimum Gasteiger partial charge on any atom is -0.307 e. The van der Waals surface area contributed by atoms with Crippen LogP contribution >= 0.6 is 23.1 Å². The fourth-order valence-electron chi connectivity index (χ4n) is 1.64. The van der Waals surface area contributed by atoms with E-state index in [0.717, 1.165) is 28.6 Å². The van der Waals surface area contributed by atoms with Crippen molar-refractivity contribution in [3.8, 4) is 12.3 Å². The van der Waals surface area contributed by atoms with Crippen LogP contribution in [0.2, 0.25) is 0 Å². The van der Waals surface area contributed by atoms with Crippen molar-refractivity contribution in [3.05, 3.63) is 29.3 Å². The van der Waals surface area contributed by atoms with E-state index in [1.54, 1.807) is 23.1 Å². The van der Waals surface area contributed by atoms with Crippen molar-refractivity contribution in [2.45, 2.75) is 13.0 Å². The summed E-state index contributed by atoms with van der Waals surface area (Å²) in [6.07, 6.45) is 5.21. The largest absolute Gasteiger partial charge is 0.307 e. The molecule has 94 valence electrons. The van der Waals surface area contributed by atoms with Crippen LogP contribution in [-0.4, -0.2) is 23.0 Å². The van der Waals surface area contributed by atoms with Crippen molar-refractivity contribution in [1.29, 1.82) is 0 Å². The Balaban J connectivity index is 1.88. The maximum absolute atomic E-state index is 5.21. The summed E-state index contributed by atoms with van der Waals surface area (Å²) in [5.41, 5.74) is 1.09. The van der Waals surface area contributed by atoms with Crippen LogP contribution in [0, 0.1) is 12.3 Å². The Bertz CT molecular complexity index is 509. The summed E-state index contributed by atoms with van der Waals surface area (Å²) in [4.78, 5) is 4.64. The first-order valence-corrected chi connectivity index (χ1v) is 7.88. The highest BCUT2D eigenvalue weighted by Gasteiger charge is 2.10. The monoisotopic (exact) mass is 276 g/mol. The molecule has 1 atom stereocenters. The quantitative estimate of drug-likeness (QED) is 0.647. The van der Waals surface area contributed by atoms with Crippen LogP contribution in [0.25, 0.3) is 10.2 Å². The van der Waals surface area contributed by atoms with Gasteiger partial charge in [0, 0.05) is 12.3 Å². The van der Waals surface area contributed by atoms with Crippen LogP contribution in [0.1, 0.15) is 18.0 Å². The maximum atomic E-state index is 5.21. The summed E-state index contributed by atoms with van der Waals surface area (Å²) < 4.78 is 1.25. The van der Waals surface area contributed by atoms with Crippen molar-refractivity contribution in [1.82, 2.24) is 10.3 Å². The zero-order valence-corrected chi connectivity index (χ0v) is 12.0. The molecule has 0 saturated heterocycles. The van der Waals surface area contributed by atoms with Gasteiger partial charge in [0.15, 0.2) is 0 Å². The number of aromatic nitrogens is 1. The number of rotatable bonds is 6. The first-order valence-electron chi connectivity index (χ1n) is 5.91. The molecule has 0 radical (unpaired) electrons. The van der Waals surface area contributed by atoms with Crippen LogP contribution in [0.5, 0.6) is 0 Å². The lowest BCUT2D eigenvalue weighted by Gasteiger charge is -2.09. The maximum Gasteiger partial charge on any atom is 0.111 e. The predicted molar refractivity (Wildman–Crippen MR) is 82.2 cm³/mol. The average molecular weight is 276 g/mol. The van der Waals surface area contributed by atoms with E-state index in [1.165, 1.54) is 4.70 Å². The number of thiazole rings is 1. The van der Waals surface area contributed by atoms with E-state index in [9.17, 15) is 0 Å². The van der Waals surface area contributed by atoms with Crippen molar-refractivity contribution in [3.63, 3.8) is 0 Å². The van der Waals surface area contributed by atoms with Gasteiger partial charge in [-0.1, -0.05) is 18.1 Å². The van der Waals surface area contributed by atoms with E-state index < -0.39 is 0 Å². The van der Waals surface area contributed by atoms with Crippen molar-refractivity contribution in [2.75, 3.05) is 18.1 Å². The third-order valence-electron chi connectivity index (χ3n) is 2.56. The van der Waals surface area contributed by atoms with Crippen LogP contribution in [0.4, 0.5) is 0 Å². The van der Waals surface area contributed by atoms with E-state index in [0.29, 0.717) is 6.04 Å². The Labute approximate surface area is 116 Å². The molecule has 0 fully saturated rings. The number of terminal acetylenes is 1. The number of hydrogen-bond acceptors (Lipinski definition) is 4.